The highest BCUT2D eigenvalue weighted by Crippen LogP contribution is 2.39. The standard InChI is InChI=1S/C18H28N2O3/c1-17(2,3)20-16(21)19-13-18(9-11-23-12-10-18)14-7-5-6-8-15(14)22-4/h5-8H,9-13H2,1-4H3,(H2,19,20,21). The molecule has 2 N–H and O–H groups in total. The van der Waals surface area contributed by atoms with E-state index in [9.17, 15) is 4.79 Å². The van der Waals surface area contributed by atoms with Gasteiger partial charge in [-0.15, -0.1) is 0 Å². The lowest BCUT2D eigenvalue weighted by atomic mass is 9.73. The molecule has 128 valence electrons. The van der Waals surface area contributed by atoms with Crippen LogP contribution in [0.1, 0.15) is 39.2 Å². The minimum absolute atomic E-state index is 0.140. The summed E-state index contributed by atoms with van der Waals surface area (Å²) in [6, 6.07) is 7.91. The zero-order chi connectivity index (χ0) is 16.9. The number of benzene rings is 1. The van der Waals surface area contributed by atoms with Gasteiger partial charge < -0.3 is 20.1 Å². The number of carbonyl (C=O) groups is 1. The Morgan fingerprint density at radius 2 is 1.91 bits per heavy atom. The predicted octanol–water partition coefficient (Wildman–Crippen LogP) is 2.84. The lowest BCUT2D eigenvalue weighted by Crippen LogP contribution is -2.51. The highest BCUT2D eigenvalue weighted by molar-refractivity contribution is 5.74. The molecule has 23 heavy (non-hydrogen) atoms. The minimum atomic E-state index is -0.253. The van der Waals surface area contributed by atoms with Crippen LogP contribution in [0.3, 0.4) is 0 Å². The van der Waals surface area contributed by atoms with Gasteiger partial charge in [-0.25, -0.2) is 4.79 Å². The first kappa shape index (κ1) is 17.6. The van der Waals surface area contributed by atoms with E-state index in [0.717, 1.165) is 24.2 Å². The molecule has 2 amide bonds. The average Bonchev–Trinajstić information content (AvgIpc) is 2.52. The van der Waals surface area contributed by atoms with Crippen LogP contribution < -0.4 is 15.4 Å². The van der Waals surface area contributed by atoms with Crippen molar-refractivity contribution in [2.45, 2.75) is 44.6 Å². The van der Waals surface area contributed by atoms with Gasteiger partial charge >= 0.3 is 6.03 Å². The molecule has 2 rings (SSSR count). The molecule has 1 saturated heterocycles. The van der Waals surface area contributed by atoms with Crippen molar-refractivity contribution >= 4 is 6.03 Å². The summed E-state index contributed by atoms with van der Waals surface area (Å²) in [5.74, 6) is 0.868. The summed E-state index contributed by atoms with van der Waals surface area (Å²) in [6.45, 7) is 7.87. The largest absolute Gasteiger partial charge is 0.496 e. The van der Waals surface area contributed by atoms with Crippen molar-refractivity contribution in [2.24, 2.45) is 0 Å². The number of nitrogens with one attached hydrogen (secondary N) is 2. The Labute approximate surface area is 138 Å². The number of carbonyl (C=O) groups excluding carboxylic acids is 1. The predicted molar refractivity (Wildman–Crippen MR) is 91.0 cm³/mol. The number of urea groups is 1. The maximum Gasteiger partial charge on any atom is 0.315 e. The average molecular weight is 320 g/mol. The molecule has 0 atom stereocenters. The third-order valence-electron chi connectivity index (χ3n) is 4.20. The number of methoxy groups -OCH3 is 1. The van der Waals surface area contributed by atoms with E-state index in [4.69, 9.17) is 9.47 Å². The van der Waals surface area contributed by atoms with Gasteiger partial charge in [0.15, 0.2) is 0 Å². The molecule has 0 unspecified atom stereocenters. The summed E-state index contributed by atoms with van der Waals surface area (Å²) < 4.78 is 11.1. The van der Waals surface area contributed by atoms with E-state index in [0.29, 0.717) is 19.8 Å². The highest BCUT2D eigenvalue weighted by Gasteiger charge is 2.37. The van der Waals surface area contributed by atoms with Crippen LogP contribution in [0, 0.1) is 0 Å². The van der Waals surface area contributed by atoms with Gasteiger partial charge in [-0.1, -0.05) is 18.2 Å². The van der Waals surface area contributed by atoms with Gasteiger partial charge in [0.1, 0.15) is 5.75 Å². The van der Waals surface area contributed by atoms with Crippen molar-refractivity contribution in [3.8, 4) is 5.75 Å². The van der Waals surface area contributed by atoms with Crippen molar-refractivity contribution in [1.82, 2.24) is 10.6 Å². The first-order valence-corrected chi connectivity index (χ1v) is 8.14. The van der Waals surface area contributed by atoms with Crippen molar-refractivity contribution in [3.63, 3.8) is 0 Å². The summed E-state index contributed by atoms with van der Waals surface area (Å²) >= 11 is 0. The van der Waals surface area contributed by atoms with E-state index >= 15 is 0 Å². The highest BCUT2D eigenvalue weighted by atomic mass is 16.5. The summed E-state index contributed by atoms with van der Waals surface area (Å²) in [5, 5.41) is 5.98. The van der Waals surface area contributed by atoms with Gasteiger partial charge in [-0.3, -0.25) is 0 Å². The summed E-state index contributed by atoms with van der Waals surface area (Å²) in [7, 11) is 1.69. The van der Waals surface area contributed by atoms with Gasteiger partial charge in [-0.2, -0.15) is 0 Å². The molecule has 0 spiro atoms. The van der Waals surface area contributed by atoms with Gasteiger partial charge in [0.25, 0.3) is 0 Å². The number of hydrogen-bond acceptors (Lipinski definition) is 3. The first-order chi connectivity index (χ1) is 10.9. The minimum Gasteiger partial charge on any atom is -0.496 e. The second-order valence-electron chi connectivity index (χ2n) is 7.15. The molecule has 1 aromatic rings. The molecule has 0 bridgehead atoms. The Kier molecular flexibility index (Phi) is 5.52. The first-order valence-electron chi connectivity index (χ1n) is 8.14. The summed E-state index contributed by atoms with van der Waals surface area (Å²) in [4.78, 5) is 12.1. The lowest BCUT2D eigenvalue weighted by molar-refractivity contribution is 0.0497. The molecular formula is C18H28N2O3. The fraction of sp³-hybridized carbons (Fsp3) is 0.611. The number of rotatable bonds is 4. The number of amides is 2. The number of ether oxygens (including phenoxy) is 2. The Balaban J connectivity index is 2.18. The van der Waals surface area contributed by atoms with Crippen LogP contribution in [0.5, 0.6) is 5.75 Å². The van der Waals surface area contributed by atoms with Crippen LogP contribution >= 0.6 is 0 Å². The number of para-hydroxylation sites is 1. The van der Waals surface area contributed by atoms with E-state index in [1.807, 2.05) is 39.0 Å². The molecule has 0 radical (unpaired) electrons. The van der Waals surface area contributed by atoms with Crippen molar-refractivity contribution in [2.75, 3.05) is 26.9 Å². The third-order valence-corrected chi connectivity index (χ3v) is 4.20. The molecule has 1 aromatic carbocycles. The van der Waals surface area contributed by atoms with Crippen molar-refractivity contribution in [3.05, 3.63) is 29.8 Å². The monoisotopic (exact) mass is 320 g/mol. The van der Waals surface area contributed by atoms with E-state index in [-0.39, 0.29) is 17.0 Å². The van der Waals surface area contributed by atoms with Crippen LogP contribution in [-0.4, -0.2) is 38.4 Å². The zero-order valence-electron chi connectivity index (χ0n) is 14.6. The van der Waals surface area contributed by atoms with Gasteiger partial charge in [0.2, 0.25) is 0 Å². The van der Waals surface area contributed by atoms with Crippen molar-refractivity contribution < 1.29 is 14.3 Å². The van der Waals surface area contributed by atoms with Crippen LogP contribution in [0.4, 0.5) is 4.79 Å². The topological polar surface area (TPSA) is 59.6 Å². The Hall–Kier alpha value is -1.75. The molecule has 1 heterocycles. The van der Waals surface area contributed by atoms with Crippen LogP contribution in [0.15, 0.2) is 24.3 Å². The normalized spacial score (nSPS) is 17.4. The molecule has 0 aromatic heterocycles. The molecule has 1 aliphatic heterocycles. The molecule has 1 fully saturated rings. The van der Waals surface area contributed by atoms with E-state index in [2.05, 4.69) is 16.7 Å². The van der Waals surface area contributed by atoms with Crippen LogP contribution in [0.25, 0.3) is 0 Å². The lowest BCUT2D eigenvalue weighted by Gasteiger charge is -2.38. The molecule has 1 aliphatic rings. The van der Waals surface area contributed by atoms with Gasteiger partial charge in [-0.05, 0) is 39.7 Å². The zero-order valence-corrected chi connectivity index (χ0v) is 14.6. The quantitative estimate of drug-likeness (QED) is 0.897. The van der Waals surface area contributed by atoms with E-state index < -0.39 is 0 Å². The second-order valence-corrected chi connectivity index (χ2v) is 7.15. The molecule has 0 aliphatic carbocycles. The van der Waals surface area contributed by atoms with Crippen molar-refractivity contribution in [1.29, 1.82) is 0 Å². The maximum absolute atomic E-state index is 12.1. The summed E-state index contributed by atoms with van der Waals surface area (Å²) in [6.07, 6.45) is 1.73. The fourth-order valence-corrected chi connectivity index (χ4v) is 3.02. The molecule has 5 heteroatoms. The maximum atomic E-state index is 12.1. The molecule has 0 saturated carbocycles. The van der Waals surface area contributed by atoms with E-state index in [1.54, 1.807) is 7.11 Å². The molecular weight excluding hydrogens is 292 g/mol. The van der Waals surface area contributed by atoms with Crippen LogP contribution in [0.2, 0.25) is 0 Å². The Morgan fingerprint density at radius 1 is 1.26 bits per heavy atom. The Morgan fingerprint density at radius 3 is 2.52 bits per heavy atom. The van der Waals surface area contributed by atoms with Gasteiger partial charge in [0.05, 0.1) is 7.11 Å². The third kappa shape index (κ3) is 4.61. The fourth-order valence-electron chi connectivity index (χ4n) is 3.02. The smallest absolute Gasteiger partial charge is 0.315 e. The van der Waals surface area contributed by atoms with Gasteiger partial charge in [0, 0.05) is 36.3 Å². The van der Waals surface area contributed by atoms with Crippen LogP contribution in [-0.2, 0) is 10.2 Å². The SMILES string of the molecule is COc1ccccc1C1(CNC(=O)NC(C)(C)C)CCOCC1. The van der Waals surface area contributed by atoms with E-state index in [1.165, 1.54) is 0 Å². The summed E-state index contributed by atoms with van der Waals surface area (Å²) in [5.41, 5.74) is 0.735. The second kappa shape index (κ2) is 7.21. The molecule has 5 nitrogen and oxygen atoms in total. The number of hydrogen-bond donors (Lipinski definition) is 2. The Bertz CT molecular complexity index is 531.